The molecular formula is C36H23NO2. The van der Waals surface area contributed by atoms with Crippen LogP contribution in [0.1, 0.15) is 0 Å². The van der Waals surface area contributed by atoms with Crippen LogP contribution in [0.3, 0.4) is 0 Å². The molecule has 0 aliphatic rings. The fraction of sp³-hybridized carbons (Fsp3) is 0. The van der Waals surface area contributed by atoms with Gasteiger partial charge in [-0.15, -0.1) is 0 Å². The van der Waals surface area contributed by atoms with Crippen LogP contribution in [-0.2, 0) is 0 Å². The van der Waals surface area contributed by atoms with Gasteiger partial charge in [0.15, 0.2) is 0 Å². The summed E-state index contributed by atoms with van der Waals surface area (Å²) in [4.78, 5) is 2.26. The van der Waals surface area contributed by atoms with Crippen molar-refractivity contribution < 1.29 is 8.83 Å². The lowest BCUT2D eigenvalue weighted by Crippen LogP contribution is -2.09. The highest BCUT2D eigenvalue weighted by Crippen LogP contribution is 2.41. The average Bonchev–Trinajstić information content (AvgIpc) is 3.56. The van der Waals surface area contributed by atoms with E-state index in [1.807, 2.05) is 42.5 Å². The van der Waals surface area contributed by atoms with Crippen molar-refractivity contribution in [2.75, 3.05) is 4.90 Å². The first-order chi connectivity index (χ1) is 19.3. The van der Waals surface area contributed by atoms with Gasteiger partial charge in [0.2, 0.25) is 0 Å². The van der Waals surface area contributed by atoms with Crippen LogP contribution in [-0.4, -0.2) is 0 Å². The summed E-state index contributed by atoms with van der Waals surface area (Å²) in [6.45, 7) is 0. The van der Waals surface area contributed by atoms with Gasteiger partial charge in [0, 0.05) is 50.7 Å². The molecule has 0 amide bonds. The SMILES string of the molecule is c1ccc(-c2ccc(N(c3ccc4c(c3)oc3ccccc34)c3ccc4c(c3)oc3ccccc34)cc2)cc1. The molecule has 0 spiro atoms. The van der Waals surface area contributed by atoms with Gasteiger partial charge >= 0.3 is 0 Å². The summed E-state index contributed by atoms with van der Waals surface area (Å²) in [5, 5.41) is 4.48. The van der Waals surface area contributed by atoms with Crippen molar-refractivity contribution in [2.24, 2.45) is 0 Å². The molecule has 0 aliphatic carbocycles. The van der Waals surface area contributed by atoms with E-state index in [0.29, 0.717) is 0 Å². The normalized spacial score (nSPS) is 11.6. The van der Waals surface area contributed by atoms with Gasteiger partial charge in [-0.05, 0) is 59.7 Å². The molecule has 0 bridgehead atoms. The van der Waals surface area contributed by atoms with Gasteiger partial charge in [0.05, 0.1) is 0 Å². The standard InChI is InChI=1S/C36H23NO2/c1-2-8-24(9-3-1)25-14-16-26(17-15-25)37(27-18-20-31-29-10-4-6-12-33(29)38-35(31)22-27)28-19-21-32-30-11-5-7-13-34(30)39-36(32)23-28/h1-23H. The maximum Gasteiger partial charge on any atom is 0.137 e. The predicted molar refractivity (Wildman–Crippen MR) is 161 cm³/mol. The topological polar surface area (TPSA) is 29.5 Å². The zero-order valence-corrected chi connectivity index (χ0v) is 21.0. The van der Waals surface area contributed by atoms with Crippen LogP contribution in [0, 0.1) is 0 Å². The van der Waals surface area contributed by atoms with Crippen molar-refractivity contribution in [1.82, 2.24) is 0 Å². The lowest BCUT2D eigenvalue weighted by Gasteiger charge is -2.25. The van der Waals surface area contributed by atoms with Crippen LogP contribution in [0.4, 0.5) is 17.1 Å². The number of furan rings is 2. The Bertz CT molecular complexity index is 2000. The van der Waals surface area contributed by atoms with Crippen LogP contribution in [0.15, 0.2) is 148 Å². The minimum atomic E-state index is 0.865. The Morgan fingerprint density at radius 3 is 1.33 bits per heavy atom. The summed E-state index contributed by atoms with van der Waals surface area (Å²) in [5.41, 5.74) is 8.99. The van der Waals surface area contributed by atoms with E-state index >= 15 is 0 Å². The van der Waals surface area contributed by atoms with Crippen LogP contribution in [0.2, 0.25) is 0 Å². The van der Waals surface area contributed by atoms with Gasteiger partial charge in [-0.3, -0.25) is 0 Å². The quantitative estimate of drug-likeness (QED) is 0.240. The Labute approximate surface area is 225 Å². The van der Waals surface area contributed by atoms with Crippen LogP contribution >= 0.6 is 0 Å². The molecule has 0 unspecified atom stereocenters. The highest BCUT2D eigenvalue weighted by Gasteiger charge is 2.17. The number of hydrogen-bond acceptors (Lipinski definition) is 3. The second-order valence-electron chi connectivity index (χ2n) is 9.81. The Kier molecular flexibility index (Phi) is 4.82. The van der Waals surface area contributed by atoms with E-state index in [1.54, 1.807) is 0 Å². The highest BCUT2D eigenvalue weighted by atomic mass is 16.3. The predicted octanol–water partition coefficient (Wildman–Crippen LogP) is 10.6. The molecule has 0 fully saturated rings. The van der Waals surface area contributed by atoms with Gasteiger partial charge < -0.3 is 13.7 Å². The van der Waals surface area contributed by atoms with Crippen LogP contribution in [0.5, 0.6) is 0 Å². The summed E-state index contributed by atoms with van der Waals surface area (Å²) >= 11 is 0. The van der Waals surface area contributed by atoms with Crippen molar-refractivity contribution in [3.05, 3.63) is 140 Å². The second-order valence-corrected chi connectivity index (χ2v) is 9.81. The molecular weight excluding hydrogens is 478 g/mol. The minimum Gasteiger partial charge on any atom is -0.456 e. The molecule has 2 aromatic heterocycles. The van der Waals surface area contributed by atoms with Crippen LogP contribution < -0.4 is 4.90 Å². The average molecular weight is 502 g/mol. The molecule has 0 aliphatic heterocycles. The fourth-order valence-corrected chi connectivity index (χ4v) is 5.59. The van der Waals surface area contributed by atoms with E-state index in [9.17, 15) is 0 Å². The summed E-state index contributed by atoms with van der Waals surface area (Å²) < 4.78 is 12.5. The van der Waals surface area contributed by atoms with Crippen molar-refractivity contribution in [2.45, 2.75) is 0 Å². The molecule has 8 rings (SSSR count). The van der Waals surface area contributed by atoms with Gasteiger partial charge in [0.25, 0.3) is 0 Å². The number of fused-ring (bicyclic) bond motifs is 6. The molecule has 0 saturated heterocycles. The molecule has 6 aromatic carbocycles. The van der Waals surface area contributed by atoms with Crippen LogP contribution in [0.25, 0.3) is 55.0 Å². The number of benzene rings is 6. The molecule has 2 heterocycles. The van der Waals surface area contributed by atoms with E-state index in [1.165, 1.54) is 11.1 Å². The first-order valence-electron chi connectivity index (χ1n) is 13.1. The summed E-state index contributed by atoms with van der Waals surface area (Å²) in [5.74, 6) is 0. The van der Waals surface area contributed by atoms with Gasteiger partial charge in [-0.2, -0.15) is 0 Å². The number of para-hydroxylation sites is 2. The summed E-state index contributed by atoms with van der Waals surface area (Å²) in [7, 11) is 0. The highest BCUT2D eigenvalue weighted by molar-refractivity contribution is 6.07. The monoisotopic (exact) mass is 501 g/mol. The first-order valence-corrected chi connectivity index (χ1v) is 13.1. The Morgan fingerprint density at radius 2 is 0.769 bits per heavy atom. The van der Waals surface area contributed by atoms with E-state index in [0.717, 1.165) is 60.9 Å². The van der Waals surface area contributed by atoms with E-state index in [-0.39, 0.29) is 0 Å². The van der Waals surface area contributed by atoms with E-state index in [4.69, 9.17) is 8.83 Å². The van der Waals surface area contributed by atoms with Gasteiger partial charge in [-0.1, -0.05) is 78.9 Å². The number of rotatable bonds is 4. The number of anilines is 3. The lowest BCUT2D eigenvalue weighted by atomic mass is 10.0. The minimum absolute atomic E-state index is 0.865. The maximum atomic E-state index is 6.26. The van der Waals surface area contributed by atoms with Gasteiger partial charge in [-0.25, -0.2) is 0 Å². The molecule has 0 saturated carbocycles. The third-order valence-electron chi connectivity index (χ3n) is 7.47. The fourth-order valence-electron chi connectivity index (χ4n) is 5.59. The molecule has 184 valence electrons. The van der Waals surface area contributed by atoms with Crippen molar-refractivity contribution in [1.29, 1.82) is 0 Å². The third kappa shape index (κ3) is 3.59. The van der Waals surface area contributed by atoms with Crippen molar-refractivity contribution in [3.63, 3.8) is 0 Å². The number of hydrogen-bond donors (Lipinski definition) is 0. The Hall–Kier alpha value is -5.28. The largest absolute Gasteiger partial charge is 0.456 e. The molecule has 0 N–H and O–H groups in total. The van der Waals surface area contributed by atoms with Crippen molar-refractivity contribution in [3.8, 4) is 11.1 Å². The molecule has 3 nitrogen and oxygen atoms in total. The van der Waals surface area contributed by atoms with E-state index < -0.39 is 0 Å². The second kappa shape index (κ2) is 8.64. The third-order valence-corrected chi connectivity index (χ3v) is 7.47. The maximum absolute atomic E-state index is 6.26. The molecule has 3 heteroatoms. The zero-order chi connectivity index (χ0) is 25.8. The smallest absolute Gasteiger partial charge is 0.137 e. The first kappa shape index (κ1) is 21.8. The summed E-state index contributed by atoms with van der Waals surface area (Å²) in [6.07, 6.45) is 0. The molecule has 0 radical (unpaired) electrons. The zero-order valence-electron chi connectivity index (χ0n) is 21.0. The Balaban J connectivity index is 1.31. The molecule has 0 atom stereocenters. The van der Waals surface area contributed by atoms with Gasteiger partial charge in [0.1, 0.15) is 22.3 Å². The summed E-state index contributed by atoms with van der Waals surface area (Å²) in [6, 6.07) is 48.4. The Morgan fingerprint density at radius 1 is 0.333 bits per heavy atom. The number of nitrogens with zero attached hydrogens (tertiary/aromatic N) is 1. The molecule has 39 heavy (non-hydrogen) atoms. The molecule has 8 aromatic rings. The van der Waals surface area contributed by atoms with E-state index in [2.05, 4.69) is 102 Å². The lowest BCUT2D eigenvalue weighted by molar-refractivity contribution is 0.669. The van der Waals surface area contributed by atoms with Crippen molar-refractivity contribution >= 4 is 60.9 Å².